The van der Waals surface area contributed by atoms with Crippen LogP contribution in [0.2, 0.25) is 0 Å². The smallest absolute Gasteiger partial charge is 0.342 e. The zero-order chi connectivity index (χ0) is 12.3. The second-order valence-corrected chi connectivity index (χ2v) is 3.81. The van der Waals surface area contributed by atoms with Gasteiger partial charge < -0.3 is 4.74 Å². The van der Waals surface area contributed by atoms with Gasteiger partial charge in [0.1, 0.15) is 15.0 Å². The van der Waals surface area contributed by atoms with Crippen LogP contribution in [-0.2, 0) is 4.74 Å². The average molecular weight is 339 g/mol. The number of halogens is 2. The number of carbonyl (C=O) groups excluding carboxylic acids is 1. The lowest BCUT2D eigenvalue weighted by atomic mass is 10.2. The first kappa shape index (κ1) is 12.8. The molecule has 16 heavy (non-hydrogen) atoms. The highest BCUT2D eigenvalue weighted by Crippen LogP contribution is 2.27. The highest BCUT2D eigenvalue weighted by Gasteiger charge is 2.24. The van der Waals surface area contributed by atoms with Gasteiger partial charge in [-0.05, 0) is 35.6 Å². The lowest BCUT2D eigenvalue weighted by Gasteiger charge is -2.05. The zero-order valence-electron chi connectivity index (χ0n) is 8.20. The SMILES string of the molecule is CCOC(=O)c1c(F)ccc([N+](=O)[O-])c1I. The predicted octanol–water partition coefficient (Wildman–Crippen LogP) is 2.52. The van der Waals surface area contributed by atoms with E-state index in [-0.39, 0.29) is 15.9 Å². The Hall–Kier alpha value is -1.25. The van der Waals surface area contributed by atoms with Crippen molar-refractivity contribution in [1.82, 2.24) is 0 Å². The van der Waals surface area contributed by atoms with Crippen LogP contribution in [0.25, 0.3) is 0 Å². The fourth-order valence-electron chi connectivity index (χ4n) is 1.07. The summed E-state index contributed by atoms with van der Waals surface area (Å²) in [6.07, 6.45) is 0. The van der Waals surface area contributed by atoms with Gasteiger partial charge in [-0.1, -0.05) is 0 Å². The Balaban J connectivity index is 3.31. The van der Waals surface area contributed by atoms with Crippen LogP contribution in [0.1, 0.15) is 17.3 Å². The third kappa shape index (κ3) is 2.46. The summed E-state index contributed by atoms with van der Waals surface area (Å²) in [7, 11) is 0. The van der Waals surface area contributed by atoms with Crippen LogP contribution >= 0.6 is 22.6 Å². The molecule has 0 spiro atoms. The van der Waals surface area contributed by atoms with Gasteiger partial charge in [0, 0.05) is 6.07 Å². The number of ether oxygens (including phenoxy) is 1. The second-order valence-electron chi connectivity index (χ2n) is 2.73. The van der Waals surface area contributed by atoms with Gasteiger partial charge in [0.05, 0.1) is 11.5 Å². The van der Waals surface area contributed by atoms with E-state index in [0.717, 1.165) is 12.1 Å². The molecule has 0 amide bonds. The van der Waals surface area contributed by atoms with Crippen LogP contribution in [0, 0.1) is 19.5 Å². The van der Waals surface area contributed by atoms with Crippen molar-refractivity contribution in [3.8, 4) is 0 Å². The molecule has 0 saturated heterocycles. The van der Waals surface area contributed by atoms with Crippen molar-refractivity contribution in [3.05, 3.63) is 37.2 Å². The monoisotopic (exact) mass is 339 g/mol. The Bertz CT molecular complexity index is 449. The molecule has 0 aliphatic rings. The molecule has 0 N–H and O–H groups in total. The maximum absolute atomic E-state index is 13.3. The van der Waals surface area contributed by atoms with Crippen molar-refractivity contribution in [2.24, 2.45) is 0 Å². The minimum absolute atomic E-state index is 0.0546. The minimum Gasteiger partial charge on any atom is -0.462 e. The number of nitro benzene ring substituents is 1. The molecule has 0 fully saturated rings. The predicted molar refractivity (Wildman–Crippen MR) is 61.7 cm³/mol. The van der Waals surface area contributed by atoms with E-state index in [2.05, 4.69) is 4.74 Å². The highest BCUT2D eigenvalue weighted by atomic mass is 127. The molecule has 0 atom stereocenters. The number of rotatable bonds is 3. The van der Waals surface area contributed by atoms with Crippen LogP contribution in [-0.4, -0.2) is 17.5 Å². The van der Waals surface area contributed by atoms with Gasteiger partial charge in [0.15, 0.2) is 0 Å². The van der Waals surface area contributed by atoms with Crippen LogP contribution in [0.3, 0.4) is 0 Å². The Morgan fingerprint density at radius 2 is 2.25 bits per heavy atom. The topological polar surface area (TPSA) is 69.4 Å². The van der Waals surface area contributed by atoms with E-state index in [9.17, 15) is 19.3 Å². The molecule has 0 bridgehead atoms. The Labute approximate surface area is 104 Å². The largest absolute Gasteiger partial charge is 0.462 e. The van der Waals surface area contributed by atoms with E-state index in [0.29, 0.717) is 0 Å². The number of hydrogen-bond donors (Lipinski definition) is 0. The van der Waals surface area contributed by atoms with Crippen molar-refractivity contribution in [2.75, 3.05) is 6.61 Å². The summed E-state index contributed by atoms with van der Waals surface area (Å²) in [6, 6.07) is 1.90. The van der Waals surface area contributed by atoms with Gasteiger partial charge in [-0.15, -0.1) is 0 Å². The molecule has 86 valence electrons. The van der Waals surface area contributed by atoms with Crippen molar-refractivity contribution >= 4 is 34.2 Å². The quantitative estimate of drug-likeness (QED) is 0.367. The van der Waals surface area contributed by atoms with Crippen molar-refractivity contribution in [2.45, 2.75) is 6.92 Å². The number of benzene rings is 1. The third-order valence-corrected chi connectivity index (χ3v) is 2.84. The van der Waals surface area contributed by atoms with E-state index in [1.54, 1.807) is 29.5 Å². The molecule has 0 saturated carbocycles. The van der Waals surface area contributed by atoms with Gasteiger partial charge in [-0.2, -0.15) is 0 Å². The van der Waals surface area contributed by atoms with Gasteiger partial charge in [0.25, 0.3) is 5.69 Å². The van der Waals surface area contributed by atoms with Crippen LogP contribution in [0.15, 0.2) is 12.1 Å². The van der Waals surface area contributed by atoms with Crippen molar-refractivity contribution in [3.63, 3.8) is 0 Å². The summed E-state index contributed by atoms with van der Waals surface area (Å²) < 4.78 is 17.9. The fourth-order valence-corrected chi connectivity index (χ4v) is 1.93. The Kier molecular flexibility index (Phi) is 4.16. The molecule has 0 aromatic heterocycles. The second kappa shape index (κ2) is 5.19. The maximum atomic E-state index is 13.3. The molecular weight excluding hydrogens is 332 g/mol. The van der Waals surface area contributed by atoms with Crippen LogP contribution in [0.4, 0.5) is 10.1 Å². The zero-order valence-corrected chi connectivity index (χ0v) is 10.4. The molecule has 0 heterocycles. The molecular formula is C9H7FINO4. The molecule has 0 aliphatic carbocycles. The standard InChI is InChI=1S/C9H7FINO4/c1-2-16-9(13)7-5(10)3-4-6(8(7)11)12(14)15/h3-4H,2H2,1H3. The first-order valence-electron chi connectivity index (χ1n) is 4.28. The van der Waals surface area contributed by atoms with Gasteiger partial charge in [-0.3, -0.25) is 10.1 Å². The number of nitrogens with zero attached hydrogens (tertiary/aromatic N) is 1. The van der Waals surface area contributed by atoms with E-state index < -0.39 is 22.3 Å². The summed E-state index contributed by atoms with van der Waals surface area (Å²) >= 11 is 1.55. The van der Waals surface area contributed by atoms with E-state index >= 15 is 0 Å². The third-order valence-electron chi connectivity index (χ3n) is 1.75. The van der Waals surface area contributed by atoms with Crippen molar-refractivity contribution in [1.29, 1.82) is 0 Å². The summed E-state index contributed by atoms with van der Waals surface area (Å²) in [5.41, 5.74) is -0.707. The van der Waals surface area contributed by atoms with Gasteiger partial charge >= 0.3 is 5.97 Å². The summed E-state index contributed by atoms with van der Waals surface area (Å²) in [4.78, 5) is 21.3. The number of nitro groups is 1. The summed E-state index contributed by atoms with van der Waals surface area (Å²) in [6.45, 7) is 1.65. The fraction of sp³-hybridized carbons (Fsp3) is 0.222. The lowest BCUT2D eigenvalue weighted by Crippen LogP contribution is -2.11. The minimum atomic E-state index is -0.895. The molecule has 0 unspecified atom stereocenters. The number of hydrogen-bond acceptors (Lipinski definition) is 4. The molecule has 1 aromatic rings. The number of carbonyl (C=O) groups is 1. The number of esters is 1. The molecule has 1 rings (SSSR count). The highest BCUT2D eigenvalue weighted by molar-refractivity contribution is 14.1. The van der Waals surface area contributed by atoms with E-state index in [4.69, 9.17) is 0 Å². The first-order valence-corrected chi connectivity index (χ1v) is 5.36. The molecule has 7 heteroatoms. The van der Waals surface area contributed by atoms with Crippen LogP contribution in [0.5, 0.6) is 0 Å². The summed E-state index contributed by atoms with van der Waals surface area (Å²) in [5.74, 6) is -1.72. The first-order chi connectivity index (χ1) is 7.49. The lowest BCUT2D eigenvalue weighted by molar-refractivity contribution is -0.385. The van der Waals surface area contributed by atoms with Gasteiger partial charge in [-0.25, -0.2) is 9.18 Å². The van der Waals surface area contributed by atoms with E-state index in [1.165, 1.54) is 0 Å². The maximum Gasteiger partial charge on any atom is 0.342 e. The molecule has 0 radical (unpaired) electrons. The molecule has 0 aliphatic heterocycles. The Morgan fingerprint density at radius 3 is 2.75 bits per heavy atom. The summed E-state index contributed by atoms with van der Waals surface area (Å²) in [5, 5.41) is 10.6. The normalized spacial score (nSPS) is 9.94. The van der Waals surface area contributed by atoms with Crippen LogP contribution < -0.4 is 0 Å². The molecule has 5 nitrogen and oxygen atoms in total. The van der Waals surface area contributed by atoms with E-state index in [1.807, 2.05) is 0 Å². The Morgan fingerprint density at radius 1 is 1.62 bits per heavy atom. The van der Waals surface area contributed by atoms with Crippen molar-refractivity contribution < 1.29 is 18.8 Å². The average Bonchev–Trinajstić information content (AvgIpc) is 2.17. The van der Waals surface area contributed by atoms with Gasteiger partial charge in [0.2, 0.25) is 0 Å². The molecule has 1 aromatic carbocycles.